The molecule has 2 aromatic carbocycles. The van der Waals surface area contributed by atoms with Gasteiger partial charge in [-0.15, -0.1) is 0 Å². The van der Waals surface area contributed by atoms with Crippen LogP contribution in [0.5, 0.6) is 11.5 Å². The predicted molar refractivity (Wildman–Crippen MR) is 106 cm³/mol. The number of aryl methyl sites for hydroxylation is 1. The summed E-state index contributed by atoms with van der Waals surface area (Å²) in [5, 5.41) is 3.22. The van der Waals surface area contributed by atoms with Gasteiger partial charge in [-0.2, -0.15) is 0 Å². The first-order valence-corrected chi connectivity index (χ1v) is 9.46. The molecule has 0 saturated carbocycles. The lowest BCUT2D eigenvalue weighted by Gasteiger charge is -2.12. The van der Waals surface area contributed by atoms with Gasteiger partial charge in [0.1, 0.15) is 0 Å². The summed E-state index contributed by atoms with van der Waals surface area (Å²) < 4.78 is 17.0. The summed E-state index contributed by atoms with van der Waals surface area (Å²) in [5.74, 6) is 2.18. The second-order valence-electron chi connectivity index (χ2n) is 6.36. The number of carbonyl (C=O) groups is 1. The van der Waals surface area contributed by atoms with Crippen LogP contribution in [0.4, 0.5) is 5.69 Å². The second-order valence-corrected chi connectivity index (χ2v) is 6.77. The molecule has 0 spiro atoms. The van der Waals surface area contributed by atoms with Crippen molar-refractivity contribution in [3.05, 3.63) is 59.6 Å². The van der Waals surface area contributed by atoms with Crippen LogP contribution in [0, 0.1) is 0 Å². The zero-order chi connectivity index (χ0) is 19.3. The number of anilines is 1. The van der Waals surface area contributed by atoms with E-state index in [9.17, 15) is 4.79 Å². The number of amides is 1. The zero-order valence-corrected chi connectivity index (χ0v) is 15.9. The van der Waals surface area contributed by atoms with Crippen LogP contribution in [0.25, 0.3) is 11.3 Å². The molecular weight excluding hydrogens is 380 g/mol. The Morgan fingerprint density at radius 2 is 1.86 bits per heavy atom. The molecule has 1 N–H and O–H groups in total. The average molecular weight is 399 g/mol. The van der Waals surface area contributed by atoms with Gasteiger partial charge in [0.15, 0.2) is 23.1 Å². The molecule has 0 bridgehead atoms. The Hall–Kier alpha value is -2.99. The van der Waals surface area contributed by atoms with Crippen LogP contribution in [-0.4, -0.2) is 24.1 Å². The summed E-state index contributed by atoms with van der Waals surface area (Å²) in [6.07, 6.45) is 3.08. The minimum Gasteiger partial charge on any atom is -0.490 e. The molecule has 3 aromatic rings. The van der Waals surface area contributed by atoms with Crippen LogP contribution in [0.15, 0.2) is 53.1 Å². The third kappa shape index (κ3) is 4.28. The number of fused-ring (bicyclic) bond motifs is 1. The Balaban J connectivity index is 1.37. The number of halogens is 1. The number of carbonyl (C=O) groups excluding carboxylic acids is 1. The van der Waals surface area contributed by atoms with Crippen molar-refractivity contribution in [1.29, 1.82) is 0 Å². The predicted octanol–water partition coefficient (Wildman–Crippen LogP) is 4.73. The molecule has 1 amide bonds. The number of aromatic nitrogens is 1. The quantitative estimate of drug-likeness (QED) is 0.672. The van der Waals surface area contributed by atoms with E-state index in [1.54, 1.807) is 18.3 Å². The number of rotatable bonds is 5. The number of nitrogens with one attached hydrogen (secondary N) is 1. The maximum absolute atomic E-state index is 12.3. The lowest BCUT2D eigenvalue weighted by molar-refractivity contribution is -0.116. The maximum Gasteiger partial charge on any atom is 0.224 e. The second kappa shape index (κ2) is 8.35. The largest absolute Gasteiger partial charge is 0.490 e. The number of hydrogen-bond acceptors (Lipinski definition) is 5. The third-order valence-electron chi connectivity index (χ3n) is 4.29. The van der Waals surface area contributed by atoms with Gasteiger partial charge in [0.25, 0.3) is 0 Å². The van der Waals surface area contributed by atoms with Crippen LogP contribution in [0.2, 0.25) is 5.02 Å². The fourth-order valence-corrected chi connectivity index (χ4v) is 3.08. The SMILES string of the molecule is O=C(CCc1ncc(-c2ccccc2)o1)Nc1cc2c(cc1Cl)OCCCO2. The summed E-state index contributed by atoms with van der Waals surface area (Å²) in [5.41, 5.74) is 1.44. The molecule has 6 nitrogen and oxygen atoms in total. The van der Waals surface area contributed by atoms with E-state index in [4.69, 9.17) is 25.5 Å². The molecule has 4 rings (SSSR count). The van der Waals surface area contributed by atoms with Crippen molar-refractivity contribution in [1.82, 2.24) is 4.98 Å². The molecule has 0 saturated heterocycles. The molecule has 1 aliphatic rings. The van der Waals surface area contributed by atoms with E-state index in [0.29, 0.717) is 53.5 Å². The Bertz CT molecular complexity index is 972. The Morgan fingerprint density at radius 3 is 2.64 bits per heavy atom. The first-order valence-electron chi connectivity index (χ1n) is 9.08. The minimum atomic E-state index is -0.184. The van der Waals surface area contributed by atoms with E-state index in [-0.39, 0.29) is 12.3 Å². The first kappa shape index (κ1) is 18.4. The molecule has 0 atom stereocenters. The van der Waals surface area contributed by atoms with Gasteiger partial charge in [-0.05, 0) is 0 Å². The standard InChI is InChI=1S/C21H19ClN2O4/c22-15-11-17-18(27-10-4-9-26-17)12-16(15)24-20(25)7-8-21-23-13-19(28-21)14-5-2-1-3-6-14/h1-3,5-6,11-13H,4,7-10H2,(H,24,25). The van der Waals surface area contributed by atoms with Gasteiger partial charge in [-0.1, -0.05) is 41.9 Å². The van der Waals surface area contributed by atoms with Gasteiger partial charge >= 0.3 is 0 Å². The number of oxazole rings is 1. The molecule has 0 radical (unpaired) electrons. The van der Waals surface area contributed by atoms with Gasteiger partial charge in [-0.25, -0.2) is 4.98 Å². The molecule has 0 aliphatic carbocycles. The van der Waals surface area contributed by atoms with Crippen molar-refractivity contribution in [2.45, 2.75) is 19.3 Å². The molecule has 7 heteroatoms. The van der Waals surface area contributed by atoms with E-state index in [2.05, 4.69) is 10.3 Å². The van der Waals surface area contributed by atoms with Crippen molar-refractivity contribution >= 4 is 23.2 Å². The van der Waals surface area contributed by atoms with Gasteiger partial charge in [-0.3, -0.25) is 4.79 Å². The van der Waals surface area contributed by atoms with E-state index in [1.165, 1.54) is 0 Å². The molecule has 28 heavy (non-hydrogen) atoms. The number of benzene rings is 2. The highest BCUT2D eigenvalue weighted by atomic mass is 35.5. The van der Waals surface area contributed by atoms with Crippen molar-refractivity contribution in [2.75, 3.05) is 18.5 Å². The highest BCUT2D eigenvalue weighted by Gasteiger charge is 2.16. The van der Waals surface area contributed by atoms with Crippen LogP contribution in [-0.2, 0) is 11.2 Å². The van der Waals surface area contributed by atoms with Gasteiger partial charge in [0.2, 0.25) is 5.91 Å². The van der Waals surface area contributed by atoms with Crippen LogP contribution in [0.1, 0.15) is 18.7 Å². The smallest absolute Gasteiger partial charge is 0.224 e. The Labute approximate surface area is 167 Å². The normalized spacial score (nSPS) is 13.0. The summed E-state index contributed by atoms with van der Waals surface area (Å²) >= 11 is 6.27. The minimum absolute atomic E-state index is 0.184. The number of ether oxygens (including phenoxy) is 2. The maximum atomic E-state index is 12.3. The van der Waals surface area contributed by atoms with Gasteiger partial charge in [0, 0.05) is 37.0 Å². The molecular formula is C21H19ClN2O4. The van der Waals surface area contributed by atoms with Crippen molar-refractivity contribution < 1.29 is 18.7 Å². The monoisotopic (exact) mass is 398 g/mol. The molecule has 1 aliphatic heterocycles. The molecule has 144 valence electrons. The molecule has 0 unspecified atom stereocenters. The fourth-order valence-electron chi connectivity index (χ4n) is 2.87. The van der Waals surface area contributed by atoms with E-state index in [1.807, 2.05) is 30.3 Å². The topological polar surface area (TPSA) is 73.6 Å². The number of hydrogen-bond donors (Lipinski definition) is 1. The summed E-state index contributed by atoms with van der Waals surface area (Å²) in [6.45, 7) is 1.14. The van der Waals surface area contributed by atoms with Crippen molar-refractivity contribution in [2.24, 2.45) is 0 Å². The van der Waals surface area contributed by atoms with E-state index < -0.39 is 0 Å². The van der Waals surface area contributed by atoms with E-state index in [0.717, 1.165) is 12.0 Å². The Morgan fingerprint density at radius 1 is 1.11 bits per heavy atom. The molecule has 2 heterocycles. The van der Waals surface area contributed by atoms with Crippen LogP contribution < -0.4 is 14.8 Å². The zero-order valence-electron chi connectivity index (χ0n) is 15.1. The highest BCUT2D eigenvalue weighted by Crippen LogP contribution is 2.37. The van der Waals surface area contributed by atoms with Gasteiger partial charge < -0.3 is 19.2 Å². The third-order valence-corrected chi connectivity index (χ3v) is 4.60. The molecule has 1 aromatic heterocycles. The lowest BCUT2D eigenvalue weighted by atomic mass is 10.2. The first-order chi connectivity index (χ1) is 13.7. The highest BCUT2D eigenvalue weighted by molar-refractivity contribution is 6.34. The Kier molecular flexibility index (Phi) is 5.48. The van der Waals surface area contributed by atoms with Crippen LogP contribution in [0.3, 0.4) is 0 Å². The number of nitrogens with zero attached hydrogens (tertiary/aromatic N) is 1. The lowest BCUT2D eigenvalue weighted by Crippen LogP contribution is -2.13. The summed E-state index contributed by atoms with van der Waals surface area (Å²) in [6, 6.07) is 13.1. The van der Waals surface area contributed by atoms with E-state index >= 15 is 0 Å². The summed E-state index contributed by atoms with van der Waals surface area (Å²) in [4.78, 5) is 16.6. The van der Waals surface area contributed by atoms with Gasteiger partial charge in [0.05, 0.1) is 30.1 Å². The molecule has 0 fully saturated rings. The van der Waals surface area contributed by atoms with Crippen LogP contribution >= 0.6 is 11.6 Å². The fraction of sp³-hybridized carbons (Fsp3) is 0.238. The average Bonchev–Trinajstić information content (AvgIpc) is 3.07. The summed E-state index contributed by atoms with van der Waals surface area (Å²) in [7, 11) is 0. The van der Waals surface area contributed by atoms with Crippen molar-refractivity contribution in [3.8, 4) is 22.8 Å². The van der Waals surface area contributed by atoms with Crippen molar-refractivity contribution in [3.63, 3.8) is 0 Å².